The molecule has 33 heavy (non-hydrogen) atoms. The molecule has 2 aliphatic rings. The number of amides is 1. The van der Waals surface area contributed by atoms with Crippen molar-refractivity contribution in [2.24, 2.45) is 0 Å². The smallest absolute Gasteiger partial charge is 0.246 e. The van der Waals surface area contributed by atoms with E-state index in [1.54, 1.807) is 16.8 Å². The van der Waals surface area contributed by atoms with Gasteiger partial charge in [-0.25, -0.2) is 13.1 Å². The fourth-order valence-corrected chi connectivity index (χ4v) is 6.31. The largest absolute Gasteiger partial charge is 0.495 e. The monoisotopic (exact) mass is 496 g/mol. The minimum Gasteiger partial charge on any atom is -0.495 e. The predicted molar refractivity (Wildman–Crippen MR) is 122 cm³/mol. The SMILES string of the molecule is COc1ccc(NC(=O)CSc2nnnn2C[C@@H]2CCCO2)cc1S(=O)(=O)N1CCCCC1. The minimum atomic E-state index is -3.72. The number of carbonyl (C=O) groups is 1. The van der Waals surface area contributed by atoms with Crippen LogP contribution in [0.4, 0.5) is 5.69 Å². The number of sulfonamides is 1. The Labute approximate surface area is 197 Å². The van der Waals surface area contributed by atoms with E-state index in [-0.39, 0.29) is 28.4 Å². The Morgan fingerprint density at radius 1 is 1.27 bits per heavy atom. The topological polar surface area (TPSA) is 129 Å². The first-order valence-corrected chi connectivity index (χ1v) is 13.4. The lowest BCUT2D eigenvalue weighted by Crippen LogP contribution is -2.35. The number of rotatable bonds is 9. The van der Waals surface area contributed by atoms with Crippen LogP contribution in [-0.2, 0) is 26.1 Å². The van der Waals surface area contributed by atoms with Crippen LogP contribution in [0.5, 0.6) is 5.75 Å². The van der Waals surface area contributed by atoms with Gasteiger partial charge in [-0.1, -0.05) is 18.2 Å². The van der Waals surface area contributed by atoms with Crippen LogP contribution in [0.2, 0.25) is 0 Å². The number of carbonyl (C=O) groups excluding carboxylic acids is 1. The molecule has 1 amide bonds. The van der Waals surface area contributed by atoms with Gasteiger partial charge in [0, 0.05) is 25.4 Å². The van der Waals surface area contributed by atoms with Gasteiger partial charge in [-0.15, -0.1) is 5.10 Å². The molecule has 0 bridgehead atoms. The summed E-state index contributed by atoms with van der Waals surface area (Å²) in [6, 6.07) is 4.63. The van der Waals surface area contributed by atoms with Crippen LogP contribution in [0.3, 0.4) is 0 Å². The second-order valence-electron chi connectivity index (χ2n) is 7.95. The van der Waals surface area contributed by atoms with Crippen LogP contribution >= 0.6 is 11.8 Å². The summed E-state index contributed by atoms with van der Waals surface area (Å²) in [5.74, 6) is 0.0333. The Hall–Kier alpha value is -2.22. The number of piperidine rings is 1. The number of anilines is 1. The van der Waals surface area contributed by atoms with E-state index in [1.807, 2.05) is 0 Å². The van der Waals surface area contributed by atoms with E-state index in [1.165, 1.54) is 29.2 Å². The Morgan fingerprint density at radius 2 is 2.09 bits per heavy atom. The zero-order valence-electron chi connectivity index (χ0n) is 18.5. The maximum Gasteiger partial charge on any atom is 0.246 e. The standard InChI is InChI=1S/C20H28N6O5S2/c1-30-17-8-7-15(12-18(17)33(28,29)25-9-3-2-4-10-25)21-19(27)14-32-20-22-23-24-26(20)13-16-6-5-11-31-16/h7-8,12,16H,2-6,9-11,13-14H2,1H3,(H,21,27)/t16-/m0/s1. The first kappa shape index (κ1) is 23.9. The van der Waals surface area contributed by atoms with E-state index < -0.39 is 10.0 Å². The first-order chi connectivity index (χ1) is 16.0. The number of hydrogen-bond acceptors (Lipinski definition) is 9. The van der Waals surface area contributed by atoms with Gasteiger partial charge in [-0.3, -0.25) is 4.79 Å². The lowest BCUT2D eigenvalue weighted by Gasteiger charge is -2.26. The van der Waals surface area contributed by atoms with E-state index in [0.29, 0.717) is 30.5 Å². The van der Waals surface area contributed by atoms with Gasteiger partial charge in [-0.2, -0.15) is 4.31 Å². The molecule has 11 nitrogen and oxygen atoms in total. The molecular formula is C20H28N6O5S2. The average Bonchev–Trinajstić information content (AvgIpc) is 3.51. The fourth-order valence-electron chi connectivity index (χ4n) is 3.92. The summed E-state index contributed by atoms with van der Waals surface area (Å²) in [5, 5.41) is 15.0. The highest BCUT2D eigenvalue weighted by Gasteiger charge is 2.29. The molecule has 1 aromatic heterocycles. The average molecular weight is 497 g/mol. The normalized spacial score (nSPS) is 19.5. The molecule has 4 rings (SSSR count). The molecule has 1 N–H and O–H groups in total. The van der Waals surface area contributed by atoms with E-state index in [0.717, 1.165) is 38.7 Å². The van der Waals surface area contributed by atoms with Gasteiger partial charge in [0.25, 0.3) is 0 Å². The van der Waals surface area contributed by atoms with Gasteiger partial charge in [0.2, 0.25) is 21.1 Å². The van der Waals surface area contributed by atoms with Gasteiger partial charge in [0.15, 0.2) is 0 Å². The molecule has 2 saturated heterocycles. The number of ether oxygens (including phenoxy) is 2. The number of hydrogen-bond donors (Lipinski definition) is 1. The van der Waals surface area contributed by atoms with Crippen molar-refractivity contribution >= 4 is 33.4 Å². The molecule has 0 saturated carbocycles. The minimum absolute atomic E-state index is 0.0536. The van der Waals surface area contributed by atoms with Crippen LogP contribution in [0.25, 0.3) is 0 Å². The molecule has 0 radical (unpaired) electrons. The van der Waals surface area contributed by atoms with Crippen molar-refractivity contribution in [2.45, 2.75) is 54.8 Å². The molecular weight excluding hydrogens is 468 g/mol. The van der Waals surface area contributed by atoms with Crippen LogP contribution in [0.1, 0.15) is 32.1 Å². The first-order valence-electron chi connectivity index (χ1n) is 11.0. The van der Waals surface area contributed by atoms with E-state index in [2.05, 4.69) is 20.8 Å². The maximum atomic E-state index is 13.2. The van der Waals surface area contributed by atoms with Crippen molar-refractivity contribution in [3.63, 3.8) is 0 Å². The summed E-state index contributed by atoms with van der Waals surface area (Å²) in [6.45, 7) is 2.26. The molecule has 2 fully saturated rings. The van der Waals surface area contributed by atoms with Crippen molar-refractivity contribution in [2.75, 3.05) is 37.9 Å². The number of thioether (sulfide) groups is 1. The van der Waals surface area contributed by atoms with Gasteiger partial charge < -0.3 is 14.8 Å². The molecule has 3 heterocycles. The number of benzene rings is 1. The third-order valence-electron chi connectivity index (χ3n) is 5.61. The lowest BCUT2D eigenvalue weighted by atomic mass is 10.2. The highest BCUT2D eigenvalue weighted by atomic mass is 32.2. The summed E-state index contributed by atoms with van der Waals surface area (Å²) in [6.07, 6.45) is 4.76. The van der Waals surface area contributed by atoms with Crippen LogP contribution in [0.15, 0.2) is 28.3 Å². The molecule has 13 heteroatoms. The highest BCUT2D eigenvalue weighted by Crippen LogP contribution is 2.31. The maximum absolute atomic E-state index is 13.2. The quantitative estimate of drug-likeness (QED) is 0.516. The summed E-state index contributed by atoms with van der Waals surface area (Å²) in [7, 11) is -2.29. The molecule has 0 spiro atoms. The van der Waals surface area contributed by atoms with E-state index in [4.69, 9.17) is 9.47 Å². The van der Waals surface area contributed by atoms with Crippen molar-refractivity contribution in [1.29, 1.82) is 0 Å². The van der Waals surface area contributed by atoms with Gasteiger partial charge >= 0.3 is 0 Å². The Balaban J connectivity index is 1.40. The van der Waals surface area contributed by atoms with Gasteiger partial charge in [-0.05, 0) is 54.3 Å². The fraction of sp³-hybridized carbons (Fsp3) is 0.600. The number of nitrogens with zero attached hydrogens (tertiary/aromatic N) is 5. The number of methoxy groups -OCH3 is 1. The molecule has 0 unspecified atom stereocenters. The lowest BCUT2D eigenvalue weighted by molar-refractivity contribution is -0.113. The number of tetrazole rings is 1. The predicted octanol–water partition coefficient (Wildman–Crippen LogP) is 1.77. The third kappa shape index (κ3) is 5.83. The van der Waals surface area contributed by atoms with E-state index >= 15 is 0 Å². The van der Waals surface area contributed by atoms with Crippen molar-refractivity contribution in [3.05, 3.63) is 18.2 Å². The molecule has 180 valence electrons. The zero-order valence-corrected chi connectivity index (χ0v) is 20.1. The Kier molecular flexibility index (Phi) is 7.83. The number of nitrogens with one attached hydrogen (secondary N) is 1. The van der Waals surface area contributed by atoms with Gasteiger partial charge in [0.05, 0.1) is 25.5 Å². The highest BCUT2D eigenvalue weighted by molar-refractivity contribution is 7.99. The number of aromatic nitrogens is 4. The van der Waals surface area contributed by atoms with Crippen LogP contribution < -0.4 is 10.1 Å². The van der Waals surface area contributed by atoms with Crippen molar-refractivity contribution in [1.82, 2.24) is 24.5 Å². The Bertz CT molecular complexity index is 1060. The molecule has 2 aromatic rings. The molecule has 0 aliphatic carbocycles. The Morgan fingerprint density at radius 3 is 2.82 bits per heavy atom. The van der Waals surface area contributed by atoms with Crippen LogP contribution in [0, 0.1) is 0 Å². The second kappa shape index (κ2) is 10.8. The van der Waals surface area contributed by atoms with E-state index in [9.17, 15) is 13.2 Å². The van der Waals surface area contributed by atoms with Crippen molar-refractivity contribution < 1.29 is 22.7 Å². The molecule has 1 atom stereocenters. The second-order valence-corrected chi connectivity index (χ2v) is 10.8. The van der Waals surface area contributed by atoms with Gasteiger partial charge in [0.1, 0.15) is 10.6 Å². The molecule has 1 aromatic carbocycles. The zero-order chi connectivity index (χ0) is 23.3. The van der Waals surface area contributed by atoms with Crippen molar-refractivity contribution in [3.8, 4) is 5.75 Å². The summed E-state index contributed by atoms with van der Waals surface area (Å²) < 4.78 is 40.3. The summed E-state index contributed by atoms with van der Waals surface area (Å²) >= 11 is 1.21. The third-order valence-corrected chi connectivity index (χ3v) is 8.49. The summed E-state index contributed by atoms with van der Waals surface area (Å²) in [4.78, 5) is 12.6. The molecule has 2 aliphatic heterocycles. The van der Waals surface area contributed by atoms with Crippen LogP contribution in [-0.4, -0.2) is 77.5 Å². The summed E-state index contributed by atoms with van der Waals surface area (Å²) in [5.41, 5.74) is 0.385.